The molecule has 0 saturated heterocycles. The van der Waals surface area contributed by atoms with E-state index in [0.29, 0.717) is 0 Å². The molecule has 1 aromatic carbocycles. The topological polar surface area (TPSA) is 32.3 Å². The Morgan fingerprint density at radius 2 is 2.00 bits per heavy atom. The van der Waals surface area contributed by atoms with Gasteiger partial charge < -0.3 is 10.2 Å². The number of fused-ring (bicyclic) bond motifs is 1. The van der Waals surface area contributed by atoms with Crippen LogP contribution < -0.4 is 5.32 Å². The van der Waals surface area contributed by atoms with E-state index < -0.39 is 0 Å². The van der Waals surface area contributed by atoms with Crippen LogP contribution in [-0.2, 0) is 13.0 Å². The summed E-state index contributed by atoms with van der Waals surface area (Å²) in [5.74, 6) is 0.112. The molecule has 1 N–H and O–H groups in total. The Balaban J connectivity index is 2.21. The molecule has 110 valence electrons. The van der Waals surface area contributed by atoms with Crippen LogP contribution in [0.15, 0.2) is 18.2 Å². The molecule has 3 heteroatoms. The lowest BCUT2D eigenvalue weighted by Crippen LogP contribution is -2.43. The van der Waals surface area contributed by atoms with Crippen LogP contribution in [0.2, 0.25) is 0 Å². The third kappa shape index (κ3) is 3.04. The summed E-state index contributed by atoms with van der Waals surface area (Å²) < 4.78 is 0. The van der Waals surface area contributed by atoms with Crippen LogP contribution >= 0.6 is 0 Å². The first-order valence-electron chi connectivity index (χ1n) is 7.40. The van der Waals surface area contributed by atoms with Crippen LogP contribution in [0.25, 0.3) is 0 Å². The third-order valence-electron chi connectivity index (χ3n) is 4.49. The van der Waals surface area contributed by atoms with Gasteiger partial charge in [-0.2, -0.15) is 0 Å². The predicted molar refractivity (Wildman–Crippen MR) is 82.9 cm³/mol. The van der Waals surface area contributed by atoms with E-state index in [1.54, 1.807) is 0 Å². The Hall–Kier alpha value is -1.35. The van der Waals surface area contributed by atoms with E-state index in [1.807, 2.05) is 18.0 Å². The fourth-order valence-corrected chi connectivity index (χ4v) is 2.57. The molecule has 0 aromatic heterocycles. The fraction of sp³-hybridized carbons (Fsp3) is 0.588. The second-order valence-electron chi connectivity index (χ2n) is 6.87. The van der Waals surface area contributed by atoms with Gasteiger partial charge in [0.25, 0.3) is 5.91 Å². The fourth-order valence-electron chi connectivity index (χ4n) is 2.57. The molecule has 2 rings (SSSR count). The Bertz CT molecular complexity index is 502. The van der Waals surface area contributed by atoms with Crippen molar-refractivity contribution in [3.05, 3.63) is 34.9 Å². The number of benzene rings is 1. The van der Waals surface area contributed by atoms with Crippen molar-refractivity contribution in [1.82, 2.24) is 10.2 Å². The number of hydrogen-bond donors (Lipinski definition) is 1. The summed E-state index contributed by atoms with van der Waals surface area (Å²) in [6, 6.07) is 6.33. The van der Waals surface area contributed by atoms with Crippen LogP contribution in [-0.4, -0.2) is 30.4 Å². The van der Waals surface area contributed by atoms with Gasteiger partial charge in [-0.25, -0.2) is 0 Å². The SMILES string of the molecule is CC(N(C)C(=O)c1ccc2c(c1)CNCC2)C(C)(C)C. The summed E-state index contributed by atoms with van der Waals surface area (Å²) in [6.07, 6.45) is 1.05. The lowest BCUT2D eigenvalue weighted by Gasteiger charge is -2.35. The largest absolute Gasteiger partial charge is 0.338 e. The minimum Gasteiger partial charge on any atom is -0.338 e. The Kier molecular flexibility index (Phi) is 4.19. The highest BCUT2D eigenvalue weighted by Crippen LogP contribution is 2.25. The van der Waals surface area contributed by atoms with Crippen molar-refractivity contribution in [3.8, 4) is 0 Å². The van der Waals surface area contributed by atoms with Crippen molar-refractivity contribution in [1.29, 1.82) is 0 Å². The lowest BCUT2D eigenvalue weighted by molar-refractivity contribution is 0.0629. The molecule has 3 nitrogen and oxygen atoms in total. The summed E-state index contributed by atoms with van der Waals surface area (Å²) in [7, 11) is 1.90. The zero-order chi connectivity index (χ0) is 14.9. The van der Waals surface area contributed by atoms with E-state index in [0.717, 1.165) is 25.1 Å². The zero-order valence-electron chi connectivity index (χ0n) is 13.3. The van der Waals surface area contributed by atoms with Gasteiger partial charge in [0.1, 0.15) is 0 Å². The molecule has 20 heavy (non-hydrogen) atoms. The van der Waals surface area contributed by atoms with Crippen molar-refractivity contribution in [3.63, 3.8) is 0 Å². The highest BCUT2D eigenvalue weighted by molar-refractivity contribution is 5.94. The van der Waals surface area contributed by atoms with Crippen LogP contribution in [0.5, 0.6) is 0 Å². The van der Waals surface area contributed by atoms with E-state index in [1.165, 1.54) is 11.1 Å². The zero-order valence-corrected chi connectivity index (χ0v) is 13.3. The maximum Gasteiger partial charge on any atom is 0.253 e. The summed E-state index contributed by atoms with van der Waals surface area (Å²) in [6.45, 7) is 10.5. The molecule has 0 fully saturated rings. The van der Waals surface area contributed by atoms with E-state index in [9.17, 15) is 4.79 Å². The molecule has 0 spiro atoms. The van der Waals surface area contributed by atoms with Crippen molar-refractivity contribution in [2.24, 2.45) is 5.41 Å². The van der Waals surface area contributed by atoms with E-state index >= 15 is 0 Å². The van der Waals surface area contributed by atoms with Gasteiger partial charge in [-0.15, -0.1) is 0 Å². The molecule has 0 bridgehead atoms. The van der Waals surface area contributed by atoms with Crippen molar-refractivity contribution >= 4 is 5.91 Å². The van der Waals surface area contributed by atoms with Gasteiger partial charge in [0.05, 0.1) is 0 Å². The van der Waals surface area contributed by atoms with Gasteiger partial charge in [0.2, 0.25) is 0 Å². The van der Waals surface area contributed by atoms with Gasteiger partial charge in [-0.3, -0.25) is 4.79 Å². The predicted octanol–water partition coefficient (Wildman–Crippen LogP) is 2.84. The number of rotatable bonds is 2. The molecular weight excluding hydrogens is 248 g/mol. The number of carbonyl (C=O) groups excluding carboxylic acids is 1. The average molecular weight is 274 g/mol. The van der Waals surface area contributed by atoms with Gasteiger partial charge in [0, 0.05) is 25.2 Å². The first kappa shape index (κ1) is 15.0. The maximum atomic E-state index is 12.6. The Labute approximate surface area is 122 Å². The van der Waals surface area contributed by atoms with Gasteiger partial charge in [-0.1, -0.05) is 26.8 Å². The smallest absolute Gasteiger partial charge is 0.253 e. The summed E-state index contributed by atoms with van der Waals surface area (Å²) in [5.41, 5.74) is 3.51. The number of carbonyl (C=O) groups is 1. The number of nitrogens with zero attached hydrogens (tertiary/aromatic N) is 1. The molecular formula is C17H26N2O. The van der Waals surface area contributed by atoms with Gasteiger partial charge in [0.15, 0.2) is 0 Å². The van der Waals surface area contributed by atoms with Crippen molar-refractivity contribution < 1.29 is 4.79 Å². The molecule has 1 aliphatic rings. The normalized spacial score (nSPS) is 16.4. The summed E-state index contributed by atoms with van der Waals surface area (Å²) in [5, 5.41) is 3.36. The lowest BCUT2D eigenvalue weighted by atomic mass is 9.87. The molecule has 0 radical (unpaired) electrons. The highest BCUT2D eigenvalue weighted by atomic mass is 16.2. The van der Waals surface area contributed by atoms with Crippen LogP contribution in [0.1, 0.15) is 49.2 Å². The number of nitrogens with one attached hydrogen (secondary N) is 1. The monoisotopic (exact) mass is 274 g/mol. The minimum absolute atomic E-state index is 0.0835. The maximum absolute atomic E-state index is 12.6. The summed E-state index contributed by atoms with van der Waals surface area (Å²) in [4.78, 5) is 14.5. The number of amides is 1. The second-order valence-corrected chi connectivity index (χ2v) is 6.87. The van der Waals surface area contributed by atoms with Crippen LogP contribution in [0.4, 0.5) is 0 Å². The highest BCUT2D eigenvalue weighted by Gasteiger charge is 2.27. The average Bonchev–Trinajstić information content (AvgIpc) is 2.43. The minimum atomic E-state index is 0.0835. The van der Waals surface area contributed by atoms with E-state index in [4.69, 9.17) is 0 Å². The van der Waals surface area contributed by atoms with Crippen molar-refractivity contribution in [2.45, 2.75) is 46.7 Å². The quantitative estimate of drug-likeness (QED) is 0.899. The second kappa shape index (κ2) is 5.57. The third-order valence-corrected chi connectivity index (χ3v) is 4.49. The van der Waals surface area contributed by atoms with Crippen molar-refractivity contribution in [2.75, 3.05) is 13.6 Å². The van der Waals surface area contributed by atoms with Gasteiger partial charge in [-0.05, 0) is 48.6 Å². The van der Waals surface area contributed by atoms with Crippen LogP contribution in [0, 0.1) is 5.41 Å². The molecule has 1 atom stereocenters. The van der Waals surface area contributed by atoms with Gasteiger partial charge >= 0.3 is 0 Å². The first-order chi connectivity index (χ1) is 9.30. The first-order valence-corrected chi connectivity index (χ1v) is 7.40. The van der Waals surface area contributed by atoms with E-state index in [2.05, 4.69) is 45.1 Å². The Morgan fingerprint density at radius 1 is 1.30 bits per heavy atom. The molecule has 1 aromatic rings. The molecule has 0 saturated carbocycles. The van der Waals surface area contributed by atoms with Crippen LogP contribution in [0.3, 0.4) is 0 Å². The van der Waals surface area contributed by atoms with E-state index in [-0.39, 0.29) is 17.4 Å². The standard InChI is InChI=1S/C17H26N2O/c1-12(17(2,3)4)19(5)16(20)14-7-6-13-8-9-18-11-15(13)10-14/h6-7,10,12,18H,8-9,11H2,1-5H3. The molecule has 1 aliphatic heterocycles. The Morgan fingerprint density at radius 3 is 2.65 bits per heavy atom. The summed E-state index contributed by atoms with van der Waals surface area (Å²) >= 11 is 0. The molecule has 1 heterocycles. The number of hydrogen-bond acceptors (Lipinski definition) is 2. The molecule has 1 amide bonds. The molecule has 1 unspecified atom stereocenters. The molecule has 0 aliphatic carbocycles.